The van der Waals surface area contributed by atoms with Crippen LogP contribution in [0.3, 0.4) is 0 Å². The molecule has 1 aliphatic heterocycles. The Morgan fingerprint density at radius 1 is 1.43 bits per heavy atom. The van der Waals surface area contributed by atoms with E-state index < -0.39 is 0 Å². The number of aromatic nitrogens is 2. The second-order valence-corrected chi connectivity index (χ2v) is 7.22. The maximum Gasteiger partial charge on any atom is 0.0927 e. The molecule has 2 fully saturated rings. The van der Waals surface area contributed by atoms with Gasteiger partial charge in [0.15, 0.2) is 0 Å². The predicted molar refractivity (Wildman–Crippen MR) is 85.4 cm³/mol. The van der Waals surface area contributed by atoms with Gasteiger partial charge in [0, 0.05) is 12.0 Å². The molecule has 1 aromatic heterocycles. The van der Waals surface area contributed by atoms with Gasteiger partial charge in [-0.2, -0.15) is 0 Å². The van der Waals surface area contributed by atoms with Crippen LogP contribution in [0.15, 0.2) is 5.38 Å². The van der Waals surface area contributed by atoms with Crippen LogP contribution in [0.5, 0.6) is 0 Å². The molecule has 0 aromatic carbocycles. The van der Waals surface area contributed by atoms with E-state index >= 15 is 0 Å². The van der Waals surface area contributed by atoms with E-state index in [1.165, 1.54) is 50.1 Å². The van der Waals surface area contributed by atoms with Crippen molar-refractivity contribution in [3.8, 4) is 0 Å². The molecule has 0 radical (unpaired) electrons. The molecule has 1 aliphatic carbocycles. The fourth-order valence-corrected chi connectivity index (χ4v) is 4.50. The van der Waals surface area contributed by atoms with Crippen molar-refractivity contribution in [2.24, 2.45) is 5.92 Å². The van der Waals surface area contributed by atoms with Crippen LogP contribution < -0.4 is 5.32 Å². The van der Waals surface area contributed by atoms with Crippen LogP contribution in [0, 0.1) is 5.92 Å². The third kappa shape index (κ3) is 3.63. The van der Waals surface area contributed by atoms with E-state index in [4.69, 9.17) is 4.74 Å². The zero-order chi connectivity index (χ0) is 14.5. The van der Waals surface area contributed by atoms with E-state index in [0.717, 1.165) is 31.7 Å². The molecular weight excluding hydrogens is 282 g/mol. The summed E-state index contributed by atoms with van der Waals surface area (Å²) in [6.07, 6.45) is 10.0. The van der Waals surface area contributed by atoms with Gasteiger partial charge in [-0.15, -0.1) is 5.10 Å². The Balaban J connectivity index is 1.72. The lowest BCUT2D eigenvalue weighted by Gasteiger charge is -2.45. The molecule has 4 nitrogen and oxygen atoms in total. The molecule has 3 rings (SSSR count). The lowest BCUT2D eigenvalue weighted by atomic mass is 9.73. The average Bonchev–Trinajstić information content (AvgIpc) is 3.03. The average molecular weight is 309 g/mol. The highest BCUT2D eigenvalue weighted by molar-refractivity contribution is 7.03. The van der Waals surface area contributed by atoms with Gasteiger partial charge in [0.2, 0.25) is 0 Å². The maximum absolute atomic E-state index is 6.25. The molecule has 0 amide bonds. The first kappa shape index (κ1) is 15.4. The van der Waals surface area contributed by atoms with Gasteiger partial charge in [-0.3, -0.25) is 0 Å². The van der Waals surface area contributed by atoms with Gasteiger partial charge < -0.3 is 10.1 Å². The SMILES string of the molecule is CCCNC(c1csnn1)C1CCOC2(CCCCC2)C1. The second kappa shape index (κ2) is 7.16. The number of rotatable bonds is 5. The van der Waals surface area contributed by atoms with Crippen LogP contribution >= 0.6 is 11.5 Å². The van der Waals surface area contributed by atoms with Crippen LogP contribution in [0.4, 0.5) is 0 Å². The van der Waals surface area contributed by atoms with Gasteiger partial charge >= 0.3 is 0 Å². The van der Waals surface area contributed by atoms with Crippen LogP contribution in [0.2, 0.25) is 0 Å². The normalized spacial score (nSPS) is 26.8. The van der Waals surface area contributed by atoms with Crippen molar-refractivity contribution in [3.63, 3.8) is 0 Å². The Morgan fingerprint density at radius 3 is 3.00 bits per heavy atom. The van der Waals surface area contributed by atoms with E-state index in [0.29, 0.717) is 12.0 Å². The number of hydrogen-bond donors (Lipinski definition) is 1. The fourth-order valence-electron chi connectivity index (χ4n) is 4.01. The molecule has 1 saturated heterocycles. The zero-order valence-corrected chi connectivity index (χ0v) is 13.8. The number of nitrogens with zero attached hydrogens (tertiary/aromatic N) is 2. The molecule has 2 aliphatic rings. The van der Waals surface area contributed by atoms with Gasteiger partial charge in [-0.25, -0.2) is 0 Å². The van der Waals surface area contributed by atoms with E-state index in [1.54, 1.807) is 0 Å². The van der Waals surface area contributed by atoms with Crippen molar-refractivity contribution in [1.29, 1.82) is 0 Å². The molecule has 2 heterocycles. The van der Waals surface area contributed by atoms with Gasteiger partial charge in [-0.05, 0) is 56.1 Å². The molecule has 1 N–H and O–H groups in total. The monoisotopic (exact) mass is 309 g/mol. The summed E-state index contributed by atoms with van der Waals surface area (Å²) in [5.74, 6) is 0.632. The number of hydrogen-bond acceptors (Lipinski definition) is 5. The Labute approximate surface area is 131 Å². The lowest BCUT2D eigenvalue weighted by Crippen LogP contribution is -2.45. The van der Waals surface area contributed by atoms with E-state index in [2.05, 4.69) is 27.2 Å². The Bertz CT molecular complexity index is 412. The van der Waals surface area contributed by atoms with Crippen molar-refractivity contribution in [1.82, 2.24) is 14.9 Å². The summed E-state index contributed by atoms with van der Waals surface area (Å²) < 4.78 is 10.3. The van der Waals surface area contributed by atoms with Crippen LogP contribution in [-0.4, -0.2) is 28.3 Å². The van der Waals surface area contributed by atoms with Crippen molar-refractivity contribution in [2.45, 2.75) is 69.9 Å². The molecule has 1 saturated carbocycles. The first-order valence-electron chi connectivity index (χ1n) is 8.47. The highest BCUT2D eigenvalue weighted by Gasteiger charge is 2.41. The van der Waals surface area contributed by atoms with Gasteiger partial charge in [-0.1, -0.05) is 30.7 Å². The topological polar surface area (TPSA) is 47.0 Å². The number of ether oxygens (including phenoxy) is 1. The molecular formula is C16H27N3OS. The summed E-state index contributed by atoms with van der Waals surface area (Å²) in [6.45, 7) is 4.18. The quantitative estimate of drug-likeness (QED) is 0.900. The Morgan fingerprint density at radius 2 is 2.29 bits per heavy atom. The highest BCUT2D eigenvalue weighted by Crippen LogP contribution is 2.44. The van der Waals surface area contributed by atoms with Crippen molar-refractivity contribution < 1.29 is 4.74 Å². The van der Waals surface area contributed by atoms with E-state index in [-0.39, 0.29) is 5.60 Å². The first-order valence-corrected chi connectivity index (χ1v) is 9.31. The van der Waals surface area contributed by atoms with Crippen LogP contribution in [0.25, 0.3) is 0 Å². The van der Waals surface area contributed by atoms with Crippen molar-refractivity contribution >= 4 is 11.5 Å². The largest absolute Gasteiger partial charge is 0.375 e. The summed E-state index contributed by atoms with van der Waals surface area (Å²) >= 11 is 1.46. The summed E-state index contributed by atoms with van der Waals surface area (Å²) in [5, 5.41) is 10.2. The minimum absolute atomic E-state index is 0.163. The zero-order valence-electron chi connectivity index (χ0n) is 13.0. The van der Waals surface area contributed by atoms with E-state index in [1.807, 2.05) is 0 Å². The maximum atomic E-state index is 6.25. The Kier molecular flexibility index (Phi) is 5.24. The van der Waals surface area contributed by atoms with E-state index in [9.17, 15) is 0 Å². The summed E-state index contributed by atoms with van der Waals surface area (Å²) in [4.78, 5) is 0. The molecule has 21 heavy (non-hydrogen) atoms. The molecule has 2 unspecified atom stereocenters. The minimum atomic E-state index is 0.163. The molecule has 1 aromatic rings. The third-order valence-electron chi connectivity index (χ3n) is 5.08. The summed E-state index contributed by atoms with van der Waals surface area (Å²) in [5.41, 5.74) is 1.29. The van der Waals surface area contributed by atoms with Gasteiger partial charge in [0.25, 0.3) is 0 Å². The first-order chi connectivity index (χ1) is 10.3. The standard InChI is InChI=1S/C16H27N3OS/c1-2-9-17-15(14-12-21-19-18-14)13-6-10-20-16(11-13)7-4-3-5-8-16/h12-13,15,17H,2-11H2,1H3. The predicted octanol–water partition coefficient (Wildman–Crippen LogP) is 3.71. The second-order valence-electron chi connectivity index (χ2n) is 6.61. The van der Waals surface area contributed by atoms with Crippen molar-refractivity contribution in [3.05, 3.63) is 11.1 Å². The van der Waals surface area contributed by atoms with Gasteiger partial charge in [0.1, 0.15) is 0 Å². The smallest absolute Gasteiger partial charge is 0.0927 e. The lowest BCUT2D eigenvalue weighted by molar-refractivity contribution is -0.122. The summed E-state index contributed by atoms with van der Waals surface area (Å²) in [6, 6.07) is 0.353. The molecule has 2 atom stereocenters. The minimum Gasteiger partial charge on any atom is -0.375 e. The van der Waals surface area contributed by atoms with Gasteiger partial charge in [0.05, 0.1) is 17.3 Å². The number of nitrogens with one attached hydrogen (secondary N) is 1. The van der Waals surface area contributed by atoms with Crippen LogP contribution in [-0.2, 0) is 4.74 Å². The summed E-state index contributed by atoms with van der Waals surface area (Å²) in [7, 11) is 0. The van der Waals surface area contributed by atoms with Crippen molar-refractivity contribution in [2.75, 3.05) is 13.2 Å². The fraction of sp³-hybridized carbons (Fsp3) is 0.875. The molecule has 0 bridgehead atoms. The molecule has 5 heteroatoms. The van der Waals surface area contributed by atoms with Crippen LogP contribution in [0.1, 0.15) is 70.0 Å². The third-order valence-corrected chi connectivity index (χ3v) is 5.60. The Hall–Kier alpha value is -0.520. The molecule has 1 spiro atoms. The highest BCUT2D eigenvalue weighted by atomic mass is 32.1. The molecule has 118 valence electrons.